The Balaban J connectivity index is 2.70. The van der Waals surface area contributed by atoms with Crippen molar-refractivity contribution in [2.45, 2.75) is 12.5 Å². The molecule has 0 spiro atoms. The highest BCUT2D eigenvalue weighted by Gasteiger charge is 2.15. The first-order chi connectivity index (χ1) is 8.19. The number of alkyl halides is 1. The van der Waals surface area contributed by atoms with E-state index in [4.69, 9.17) is 16.3 Å². The molecule has 94 valence electrons. The summed E-state index contributed by atoms with van der Waals surface area (Å²) in [6, 6.07) is 1.12. The Morgan fingerprint density at radius 2 is 2.41 bits per heavy atom. The molecule has 1 unspecified atom stereocenters. The molecule has 0 aliphatic rings. The van der Waals surface area contributed by atoms with Gasteiger partial charge in [0.15, 0.2) is 5.43 Å². The number of rotatable bonds is 6. The molecule has 2 N–H and O–H groups in total. The number of pyridine rings is 1. The quantitative estimate of drug-likeness (QED) is 0.740. The van der Waals surface area contributed by atoms with Gasteiger partial charge in [-0.05, 0) is 6.42 Å². The van der Waals surface area contributed by atoms with Gasteiger partial charge in [-0.1, -0.05) is 0 Å². The number of methoxy groups -OCH3 is 1. The monoisotopic (exact) mass is 258 g/mol. The zero-order valence-electron chi connectivity index (χ0n) is 9.53. The van der Waals surface area contributed by atoms with Crippen LogP contribution in [-0.4, -0.2) is 36.5 Å². The van der Waals surface area contributed by atoms with Crippen molar-refractivity contribution in [2.24, 2.45) is 0 Å². The third kappa shape index (κ3) is 4.20. The molecule has 0 saturated heterocycles. The predicted molar refractivity (Wildman–Crippen MR) is 65.5 cm³/mol. The molecule has 1 amide bonds. The summed E-state index contributed by atoms with van der Waals surface area (Å²) in [7, 11) is 1.54. The molecule has 5 nitrogen and oxygen atoms in total. The summed E-state index contributed by atoms with van der Waals surface area (Å²) in [5.41, 5.74) is -0.230. The van der Waals surface area contributed by atoms with Gasteiger partial charge < -0.3 is 15.0 Å². The molecule has 0 aliphatic carbocycles. The summed E-state index contributed by atoms with van der Waals surface area (Å²) in [4.78, 5) is 25.9. The van der Waals surface area contributed by atoms with Crippen LogP contribution >= 0.6 is 11.6 Å². The summed E-state index contributed by atoms with van der Waals surface area (Å²) in [6.07, 6.45) is 3.44. The average molecular weight is 259 g/mol. The van der Waals surface area contributed by atoms with Crippen LogP contribution in [-0.2, 0) is 4.74 Å². The van der Waals surface area contributed by atoms with E-state index in [1.54, 1.807) is 7.11 Å². The van der Waals surface area contributed by atoms with E-state index in [1.165, 1.54) is 18.5 Å². The van der Waals surface area contributed by atoms with Gasteiger partial charge in [0.1, 0.15) is 5.56 Å². The molecule has 6 heteroatoms. The van der Waals surface area contributed by atoms with Crippen LogP contribution in [0, 0.1) is 0 Å². The number of amides is 1. The van der Waals surface area contributed by atoms with Crippen LogP contribution in [0.5, 0.6) is 0 Å². The number of hydrogen-bond acceptors (Lipinski definition) is 3. The first-order valence-corrected chi connectivity index (χ1v) is 5.75. The number of halogens is 1. The van der Waals surface area contributed by atoms with Gasteiger partial charge in [-0.2, -0.15) is 0 Å². The molecule has 0 aliphatic heterocycles. The van der Waals surface area contributed by atoms with Gasteiger partial charge in [0.05, 0.1) is 12.6 Å². The molecule has 1 rings (SSSR count). The lowest BCUT2D eigenvalue weighted by molar-refractivity contribution is 0.0893. The molecule has 1 aromatic heterocycles. The number of ether oxygens (including phenoxy) is 1. The van der Waals surface area contributed by atoms with Crippen molar-refractivity contribution in [3.8, 4) is 0 Å². The number of nitrogens with one attached hydrogen (secondary N) is 2. The molecule has 1 atom stereocenters. The van der Waals surface area contributed by atoms with Crippen molar-refractivity contribution in [1.29, 1.82) is 0 Å². The first-order valence-electron chi connectivity index (χ1n) is 5.22. The molecule has 17 heavy (non-hydrogen) atoms. The van der Waals surface area contributed by atoms with Crippen molar-refractivity contribution in [1.82, 2.24) is 10.3 Å². The second kappa shape index (κ2) is 7.09. The standard InChI is InChI=1S/C11H15ClN2O3/c1-17-7-8(2-4-12)14-11(16)9-6-13-5-3-10(9)15/h3,5-6,8H,2,4,7H2,1H3,(H,13,15)(H,14,16). The summed E-state index contributed by atoms with van der Waals surface area (Å²) >= 11 is 5.62. The molecular formula is C11H15ClN2O3. The fourth-order valence-electron chi connectivity index (χ4n) is 1.39. The van der Waals surface area contributed by atoms with Crippen molar-refractivity contribution in [3.05, 3.63) is 34.2 Å². The summed E-state index contributed by atoms with van der Waals surface area (Å²) < 4.78 is 4.96. The topological polar surface area (TPSA) is 71.2 Å². The maximum absolute atomic E-state index is 11.8. The van der Waals surface area contributed by atoms with Gasteiger partial charge in [-0.3, -0.25) is 9.59 Å². The predicted octanol–water partition coefficient (Wildman–Crippen LogP) is 0.749. The highest BCUT2D eigenvalue weighted by Crippen LogP contribution is 1.98. The van der Waals surface area contributed by atoms with Crippen LogP contribution in [0.1, 0.15) is 16.8 Å². The lowest BCUT2D eigenvalue weighted by atomic mass is 10.2. The van der Waals surface area contributed by atoms with Crippen molar-refractivity contribution >= 4 is 17.5 Å². The Morgan fingerprint density at radius 3 is 3.00 bits per heavy atom. The van der Waals surface area contributed by atoms with E-state index < -0.39 is 5.91 Å². The van der Waals surface area contributed by atoms with E-state index in [0.29, 0.717) is 18.9 Å². The van der Waals surface area contributed by atoms with Gasteiger partial charge in [0, 0.05) is 31.4 Å². The van der Waals surface area contributed by atoms with Gasteiger partial charge in [-0.15, -0.1) is 11.6 Å². The third-order valence-electron chi connectivity index (χ3n) is 2.23. The smallest absolute Gasteiger partial charge is 0.257 e. The Bertz CT molecular complexity index is 413. The van der Waals surface area contributed by atoms with Gasteiger partial charge in [0.2, 0.25) is 0 Å². The Hall–Kier alpha value is -1.33. The van der Waals surface area contributed by atoms with E-state index in [9.17, 15) is 9.59 Å². The molecule has 1 heterocycles. The first kappa shape index (κ1) is 13.7. The number of hydrogen-bond donors (Lipinski definition) is 2. The average Bonchev–Trinajstić information content (AvgIpc) is 2.30. The molecule has 0 aromatic carbocycles. The fraction of sp³-hybridized carbons (Fsp3) is 0.455. The lowest BCUT2D eigenvalue weighted by Gasteiger charge is -2.16. The van der Waals surface area contributed by atoms with E-state index in [2.05, 4.69) is 10.3 Å². The van der Waals surface area contributed by atoms with Crippen molar-refractivity contribution < 1.29 is 9.53 Å². The second-order valence-electron chi connectivity index (χ2n) is 3.53. The summed E-state index contributed by atoms with van der Waals surface area (Å²) in [5, 5.41) is 2.71. The van der Waals surface area contributed by atoms with E-state index in [0.717, 1.165) is 0 Å². The number of carbonyl (C=O) groups excluding carboxylic acids is 1. The molecular weight excluding hydrogens is 244 g/mol. The summed E-state index contributed by atoms with van der Waals surface area (Å²) in [6.45, 7) is 0.364. The zero-order chi connectivity index (χ0) is 12.7. The SMILES string of the molecule is COCC(CCCl)NC(=O)c1c[nH]ccc1=O. The molecule has 0 radical (unpaired) electrons. The van der Waals surface area contributed by atoms with E-state index in [1.807, 2.05) is 0 Å². The van der Waals surface area contributed by atoms with Crippen LogP contribution in [0.2, 0.25) is 0 Å². The number of aromatic nitrogens is 1. The number of H-pyrrole nitrogens is 1. The normalized spacial score (nSPS) is 12.1. The molecule has 1 aromatic rings. The number of carbonyl (C=O) groups is 1. The Morgan fingerprint density at radius 1 is 1.65 bits per heavy atom. The maximum Gasteiger partial charge on any atom is 0.257 e. The minimum absolute atomic E-state index is 0.0863. The molecule has 0 saturated carbocycles. The van der Waals surface area contributed by atoms with Gasteiger partial charge in [0.25, 0.3) is 5.91 Å². The third-order valence-corrected chi connectivity index (χ3v) is 2.45. The molecule has 0 fully saturated rings. The minimum atomic E-state index is -0.418. The largest absolute Gasteiger partial charge is 0.383 e. The van der Waals surface area contributed by atoms with Crippen LogP contribution < -0.4 is 10.7 Å². The van der Waals surface area contributed by atoms with Crippen LogP contribution in [0.15, 0.2) is 23.3 Å². The zero-order valence-corrected chi connectivity index (χ0v) is 10.3. The Labute approximate surface area is 104 Å². The van der Waals surface area contributed by atoms with Crippen molar-refractivity contribution in [3.63, 3.8) is 0 Å². The Kier molecular flexibility index (Phi) is 5.72. The van der Waals surface area contributed by atoms with Crippen molar-refractivity contribution in [2.75, 3.05) is 19.6 Å². The van der Waals surface area contributed by atoms with Gasteiger partial charge in [-0.25, -0.2) is 0 Å². The fourth-order valence-corrected chi connectivity index (χ4v) is 1.65. The van der Waals surface area contributed by atoms with E-state index >= 15 is 0 Å². The number of aromatic amines is 1. The summed E-state index contributed by atoms with van der Waals surface area (Å²) in [5.74, 6) is -0.00145. The van der Waals surface area contributed by atoms with Crippen LogP contribution in [0.3, 0.4) is 0 Å². The highest BCUT2D eigenvalue weighted by molar-refractivity contribution is 6.17. The van der Waals surface area contributed by atoms with Crippen LogP contribution in [0.4, 0.5) is 0 Å². The van der Waals surface area contributed by atoms with E-state index in [-0.39, 0.29) is 17.0 Å². The molecule has 0 bridgehead atoms. The second-order valence-corrected chi connectivity index (χ2v) is 3.90. The highest BCUT2D eigenvalue weighted by atomic mass is 35.5. The van der Waals surface area contributed by atoms with Gasteiger partial charge >= 0.3 is 0 Å². The minimum Gasteiger partial charge on any atom is -0.383 e. The lowest BCUT2D eigenvalue weighted by Crippen LogP contribution is -2.40. The maximum atomic E-state index is 11.8. The van der Waals surface area contributed by atoms with Crippen LogP contribution in [0.25, 0.3) is 0 Å².